The number of rotatable bonds is 4. The molecule has 0 spiro atoms. The van der Waals surface area contributed by atoms with E-state index in [1.165, 1.54) is 30.2 Å². The Morgan fingerprint density at radius 3 is 2.81 bits per heavy atom. The van der Waals surface area contributed by atoms with Crippen LogP contribution >= 0.6 is 24.4 Å². The van der Waals surface area contributed by atoms with Crippen LogP contribution in [0.5, 0.6) is 0 Å². The molecule has 1 aromatic carbocycles. The minimum Gasteiger partial charge on any atom is -0.453 e. The zero-order chi connectivity index (χ0) is 19.3. The zero-order valence-electron chi connectivity index (χ0n) is 14.0. The highest BCUT2D eigenvalue weighted by molar-refractivity contribution is 7.80. The average molecular weight is 400 g/mol. The molecule has 1 aromatic rings. The SMILES string of the molecule is COC(=O)NC(=S)Nc1ccc(N2C[C@H](CNC(C)=S)OC2=O)cc1F. The van der Waals surface area contributed by atoms with Crippen molar-refractivity contribution in [2.24, 2.45) is 0 Å². The summed E-state index contributed by atoms with van der Waals surface area (Å²) >= 11 is 9.79. The maximum atomic E-state index is 14.3. The molecule has 1 fully saturated rings. The summed E-state index contributed by atoms with van der Waals surface area (Å²) < 4.78 is 23.9. The minimum absolute atomic E-state index is 0.0391. The molecule has 2 rings (SSSR count). The van der Waals surface area contributed by atoms with E-state index in [2.05, 4.69) is 20.7 Å². The van der Waals surface area contributed by atoms with Gasteiger partial charge in [0.15, 0.2) is 5.11 Å². The van der Waals surface area contributed by atoms with Crippen molar-refractivity contribution in [3.63, 3.8) is 0 Å². The number of carbonyl (C=O) groups is 2. The molecule has 8 nitrogen and oxygen atoms in total. The molecule has 0 unspecified atom stereocenters. The van der Waals surface area contributed by atoms with E-state index in [-0.39, 0.29) is 17.3 Å². The number of anilines is 2. The van der Waals surface area contributed by atoms with Crippen LogP contribution in [-0.4, -0.2) is 48.6 Å². The van der Waals surface area contributed by atoms with Gasteiger partial charge in [-0.3, -0.25) is 10.2 Å². The Kier molecular flexibility index (Phi) is 6.64. The Bertz CT molecular complexity index is 746. The van der Waals surface area contributed by atoms with Crippen molar-refractivity contribution in [3.8, 4) is 0 Å². The van der Waals surface area contributed by atoms with E-state index in [1.54, 1.807) is 6.92 Å². The summed E-state index contributed by atoms with van der Waals surface area (Å²) in [5.41, 5.74) is 0.378. The number of nitrogens with one attached hydrogen (secondary N) is 3. The predicted molar refractivity (Wildman–Crippen MR) is 102 cm³/mol. The van der Waals surface area contributed by atoms with Gasteiger partial charge < -0.3 is 20.1 Å². The van der Waals surface area contributed by atoms with Gasteiger partial charge in [-0.25, -0.2) is 14.0 Å². The molecular weight excluding hydrogens is 383 g/mol. The van der Waals surface area contributed by atoms with E-state index in [4.69, 9.17) is 29.2 Å². The van der Waals surface area contributed by atoms with Gasteiger partial charge >= 0.3 is 12.2 Å². The van der Waals surface area contributed by atoms with E-state index < -0.39 is 24.1 Å². The third kappa shape index (κ3) is 5.23. The highest BCUT2D eigenvalue weighted by Crippen LogP contribution is 2.26. The van der Waals surface area contributed by atoms with Gasteiger partial charge in [0, 0.05) is 0 Å². The number of ether oxygens (including phenoxy) is 2. The Labute approximate surface area is 160 Å². The van der Waals surface area contributed by atoms with Gasteiger partial charge in [-0.15, -0.1) is 0 Å². The average Bonchev–Trinajstić information content (AvgIpc) is 2.95. The molecule has 26 heavy (non-hydrogen) atoms. The van der Waals surface area contributed by atoms with Crippen molar-refractivity contribution in [2.75, 3.05) is 30.4 Å². The van der Waals surface area contributed by atoms with Crippen LogP contribution in [-0.2, 0) is 9.47 Å². The lowest BCUT2D eigenvalue weighted by Gasteiger charge is -2.15. The molecule has 1 aliphatic heterocycles. The van der Waals surface area contributed by atoms with E-state index in [0.29, 0.717) is 17.2 Å². The number of alkyl carbamates (subject to hydrolysis) is 1. The van der Waals surface area contributed by atoms with Crippen molar-refractivity contribution in [1.29, 1.82) is 0 Å². The number of carbonyl (C=O) groups excluding carboxylic acids is 2. The fourth-order valence-corrected chi connectivity index (χ4v) is 2.44. The van der Waals surface area contributed by atoms with Gasteiger partial charge in [-0.1, -0.05) is 12.2 Å². The third-order valence-electron chi connectivity index (χ3n) is 3.37. The number of thiocarbonyl (C=S) groups is 2. The molecule has 11 heteroatoms. The minimum atomic E-state index is -0.773. The molecule has 1 heterocycles. The number of nitrogens with zero attached hydrogens (tertiary/aromatic N) is 1. The van der Waals surface area contributed by atoms with Crippen LogP contribution in [0.2, 0.25) is 0 Å². The van der Waals surface area contributed by atoms with Crippen molar-refractivity contribution in [1.82, 2.24) is 10.6 Å². The molecular formula is C15H17FN4O4S2. The first-order valence-electron chi connectivity index (χ1n) is 7.48. The van der Waals surface area contributed by atoms with Gasteiger partial charge in [-0.05, 0) is 37.3 Å². The number of hydrogen-bond donors (Lipinski definition) is 3. The fraction of sp³-hybridized carbons (Fsp3) is 0.333. The largest absolute Gasteiger partial charge is 0.453 e. The van der Waals surface area contributed by atoms with Crippen LogP contribution < -0.4 is 20.9 Å². The molecule has 3 N–H and O–H groups in total. The Hall–Kier alpha value is -2.53. The van der Waals surface area contributed by atoms with Crippen LogP contribution in [0.4, 0.5) is 25.4 Å². The van der Waals surface area contributed by atoms with E-state index in [1.807, 2.05) is 0 Å². The topological polar surface area (TPSA) is 91.9 Å². The molecule has 1 saturated heterocycles. The standard InChI is InChI=1S/C15H17FN4O4S2/c1-8(25)17-6-10-7-20(15(22)24-10)9-3-4-12(11(16)5-9)18-13(26)19-14(21)23-2/h3-5,10H,6-7H2,1-2H3,(H,17,25)(H2,18,19,21,26)/t10-/m0/s1. The second-order valence-electron chi connectivity index (χ2n) is 5.29. The zero-order valence-corrected chi connectivity index (χ0v) is 15.6. The highest BCUT2D eigenvalue weighted by atomic mass is 32.1. The van der Waals surface area contributed by atoms with Gasteiger partial charge in [0.2, 0.25) is 0 Å². The first-order chi connectivity index (χ1) is 12.3. The van der Waals surface area contributed by atoms with Crippen LogP contribution in [0, 0.1) is 5.82 Å². The molecule has 1 aliphatic rings. The second kappa shape index (κ2) is 8.72. The van der Waals surface area contributed by atoms with Crippen LogP contribution in [0.1, 0.15) is 6.92 Å². The fourth-order valence-electron chi connectivity index (χ4n) is 2.17. The Morgan fingerprint density at radius 1 is 1.46 bits per heavy atom. The van der Waals surface area contributed by atoms with Gasteiger partial charge in [0.05, 0.1) is 36.6 Å². The van der Waals surface area contributed by atoms with E-state index >= 15 is 0 Å². The lowest BCUT2D eigenvalue weighted by atomic mass is 10.2. The summed E-state index contributed by atoms with van der Waals surface area (Å²) in [6.45, 7) is 2.38. The summed E-state index contributed by atoms with van der Waals surface area (Å²) in [4.78, 5) is 25.0. The Balaban J connectivity index is 2.02. The molecule has 0 aromatic heterocycles. The normalized spacial score (nSPS) is 15.9. The van der Waals surface area contributed by atoms with Crippen molar-refractivity contribution in [2.45, 2.75) is 13.0 Å². The maximum absolute atomic E-state index is 14.3. The molecule has 0 saturated carbocycles. The highest BCUT2D eigenvalue weighted by Gasteiger charge is 2.32. The first kappa shape index (κ1) is 19.8. The van der Waals surface area contributed by atoms with Gasteiger partial charge in [0.1, 0.15) is 11.9 Å². The van der Waals surface area contributed by atoms with Crippen LogP contribution in [0.3, 0.4) is 0 Å². The molecule has 0 bridgehead atoms. The maximum Gasteiger partial charge on any atom is 0.414 e. The monoisotopic (exact) mass is 400 g/mol. The van der Waals surface area contributed by atoms with Crippen molar-refractivity contribution >= 4 is 58.1 Å². The van der Waals surface area contributed by atoms with Crippen LogP contribution in [0.25, 0.3) is 0 Å². The molecule has 2 amide bonds. The summed E-state index contributed by atoms with van der Waals surface area (Å²) in [6.07, 6.45) is -1.73. The van der Waals surface area contributed by atoms with Crippen LogP contribution in [0.15, 0.2) is 18.2 Å². The summed E-state index contributed by atoms with van der Waals surface area (Å²) in [6, 6.07) is 4.11. The number of amides is 2. The lowest BCUT2D eigenvalue weighted by Crippen LogP contribution is -2.34. The summed E-state index contributed by atoms with van der Waals surface area (Å²) in [5, 5.41) is 7.54. The lowest BCUT2D eigenvalue weighted by molar-refractivity contribution is 0.143. The molecule has 0 radical (unpaired) electrons. The Morgan fingerprint density at radius 2 is 2.19 bits per heavy atom. The van der Waals surface area contributed by atoms with E-state index in [0.717, 1.165) is 0 Å². The second-order valence-corrected chi connectivity index (χ2v) is 6.31. The van der Waals surface area contributed by atoms with Crippen molar-refractivity contribution < 1.29 is 23.5 Å². The molecule has 0 aliphatic carbocycles. The number of cyclic esters (lactones) is 1. The molecule has 140 valence electrons. The number of hydrogen-bond acceptors (Lipinski definition) is 6. The third-order valence-corrected chi connectivity index (χ3v) is 3.71. The van der Waals surface area contributed by atoms with Crippen molar-refractivity contribution in [3.05, 3.63) is 24.0 Å². The summed E-state index contributed by atoms with van der Waals surface area (Å²) in [5.74, 6) is -0.652. The number of methoxy groups -OCH3 is 1. The predicted octanol–water partition coefficient (Wildman–Crippen LogP) is 2.14. The smallest absolute Gasteiger partial charge is 0.414 e. The number of halogens is 1. The summed E-state index contributed by atoms with van der Waals surface area (Å²) in [7, 11) is 1.18. The van der Waals surface area contributed by atoms with E-state index in [9.17, 15) is 14.0 Å². The quantitative estimate of drug-likeness (QED) is 0.662. The number of benzene rings is 1. The van der Waals surface area contributed by atoms with Gasteiger partial charge in [0.25, 0.3) is 0 Å². The molecule has 1 atom stereocenters. The first-order valence-corrected chi connectivity index (χ1v) is 8.30. The van der Waals surface area contributed by atoms with Gasteiger partial charge in [-0.2, -0.15) is 0 Å².